The maximum absolute atomic E-state index is 10.5. The summed E-state index contributed by atoms with van der Waals surface area (Å²) in [5.74, 6) is 0.773. The van der Waals surface area contributed by atoms with Crippen LogP contribution in [0.1, 0.15) is 16.1 Å². The molecular weight excluding hydrogens is 260 g/mol. The lowest BCUT2D eigenvalue weighted by Gasteiger charge is -2.16. The SMILES string of the molecule is Cc1csc(N(C)CCOc2ccc(C=O)cc2)n1. The molecule has 1 aromatic carbocycles. The lowest BCUT2D eigenvalue weighted by Crippen LogP contribution is -2.23. The van der Waals surface area contributed by atoms with Crippen molar-refractivity contribution in [2.75, 3.05) is 25.1 Å². The Balaban J connectivity index is 1.81. The fourth-order valence-corrected chi connectivity index (χ4v) is 2.35. The van der Waals surface area contributed by atoms with Crippen molar-refractivity contribution in [2.45, 2.75) is 6.92 Å². The fraction of sp³-hybridized carbons (Fsp3) is 0.286. The van der Waals surface area contributed by atoms with Gasteiger partial charge in [0.2, 0.25) is 0 Å². The van der Waals surface area contributed by atoms with Crippen LogP contribution in [0.15, 0.2) is 29.6 Å². The third-order valence-corrected chi connectivity index (χ3v) is 3.72. The summed E-state index contributed by atoms with van der Waals surface area (Å²) in [7, 11) is 2.00. The molecule has 0 bridgehead atoms. The number of anilines is 1. The Labute approximate surface area is 116 Å². The fourth-order valence-electron chi connectivity index (χ4n) is 1.56. The standard InChI is InChI=1S/C14H16N2O2S/c1-11-10-19-14(15-11)16(2)7-8-18-13-5-3-12(9-17)4-6-13/h3-6,9-10H,7-8H2,1-2H3. The molecule has 0 saturated heterocycles. The van der Waals surface area contributed by atoms with Crippen molar-refractivity contribution in [1.29, 1.82) is 0 Å². The minimum atomic E-state index is 0.579. The molecule has 2 rings (SSSR count). The van der Waals surface area contributed by atoms with Gasteiger partial charge in [-0.15, -0.1) is 11.3 Å². The van der Waals surface area contributed by atoms with Gasteiger partial charge >= 0.3 is 0 Å². The van der Waals surface area contributed by atoms with E-state index in [9.17, 15) is 4.79 Å². The zero-order chi connectivity index (χ0) is 13.7. The molecule has 0 radical (unpaired) electrons. The van der Waals surface area contributed by atoms with E-state index in [2.05, 4.69) is 9.88 Å². The van der Waals surface area contributed by atoms with Crippen LogP contribution in [0, 0.1) is 6.92 Å². The van der Waals surface area contributed by atoms with Crippen LogP contribution >= 0.6 is 11.3 Å². The number of aromatic nitrogens is 1. The molecule has 4 nitrogen and oxygen atoms in total. The molecule has 2 aromatic rings. The second-order valence-electron chi connectivity index (χ2n) is 4.23. The first-order chi connectivity index (χ1) is 9.19. The molecule has 0 aliphatic carbocycles. The Bertz CT molecular complexity index is 537. The van der Waals surface area contributed by atoms with Gasteiger partial charge in [0, 0.05) is 18.0 Å². The molecule has 0 aliphatic rings. The molecule has 19 heavy (non-hydrogen) atoms. The summed E-state index contributed by atoms with van der Waals surface area (Å²) in [6.07, 6.45) is 0.822. The number of aryl methyl sites for hydroxylation is 1. The van der Waals surface area contributed by atoms with Crippen molar-refractivity contribution in [3.63, 3.8) is 0 Å². The number of carbonyl (C=O) groups excluding carboxylic acids is 1. The van der Waals surface area contributed by atoms with Crippen LogP contribution in [-0.2, 0) is 0 Å². The van der Waals surface area contributed by atoms with Crippen LogP contribution in [-0.4, -0.2) is 31.5 Å². The minimum absolute atomic E-state index is 0.579. The summed E-state index contributed by atoms with van der Waals surface area (Å²) in [5, 5.41) is 3.03. The summed E-state index contributed by atoms with van der Waals surface area (Å²) in [6.45, 7) is 3.33. The first-order valence-electron chi connectivity index (χ1n) is 6.00. The number of carbonyl (C=O) groups is 1. The molecule has 0 N–H and O–H groups in total. The minimum Gasteiger partial charge on any atom is -0.492 e. The smallest absolute Gasteiger partial charge is 0.185 e. The average Bonchev–Trinajstić information content (AvgIpc) is 2.86. The van der Waals surface area contributed by atoms with Crippen molar-refractivity contribution in [3.8, 4) is 5.75 Å². The largest absolute Gasteiger partial charge is 0.492 e. The van der Waals surface area contributed by atoms with Gasteiger partial charge in [-0.1, -0.05) is 0 Å². The van der Waals surface area contributed by atoms with Crippen LogP contribution in [0.4, 0.5) is 5.13 Å². The van der Waals surface area contributed by atoms with Crippen LogP contribution < -0.4 is 9.64 Å². The van der Waals surface area contributed by atoms with Crippen molar-refractivity contribution < 1.29 is 9.53 Å². The molecule has 100 valence electrons. The summed E-state index contributed by atoms with van der Waals surface area (Å²) < 4.78 is 5.62. The van der Waals surface area contributed by atoms with E-state index in [4.69, 9.17) is 4.74 Å². The molecule has 0 amide bonds. The Morgan fingerprint density at radius 2 is 2.11 bits per heavy atom. The average molecular weight is 276 g/mol. The van der Waals surface area contributed by atoms with Crippen LogP contribution in [0.5, 0.6) is 5.75 Å². The molecule has 0 saturated carbocycles. The van der Waals surface area contributed by atoms with E-state index >= 15 is 0 Å². The van der Waals surface area contributed by atoms with Gasteiger partial charge < -0.3 is 9.64 Å². The van der Waals surface area contributed by atoms with E-state index in [0.29, 0.717) is 12.2 Å². The second kappa shape index (κ2) is 6.33. The van der Waals surface area contributed by atoms with Crippen molar-refractivity contribution in [2.24, 2.45) is 0 Å². The Kier molecular flexibility index (Phi) is 4.52. The molecule has 5 heteroatoms. The highest BCUT2D eigenvalue weighted by atomic mass is 32.1. The molecule has 0 fully saturated rings. The number of likely N-dealkylation sites (N-methyl/N-ethyl adjacent to an activating group) is 1. The number of benzene rings is 1. The van der Waals surface area contributed by atoms with Crippen LogP contribution in [0.25, 0.3) is 0 Å². The van der Waals surface area contributed by atoms with Gasteiger partial charge in [-0.25, -0.2) is 4.98 Å². The predicted molar refractivity (Wildman–Crippen MR) is 77.4 cm³/mol. The molecule has 1 heterocycles. The van der Waals surface area contributed by atoms with E-state index in [1.54, 1.807) is 35.6 Å². The predicted octanol–water partition coefficient (Wildman–Crippen LogP) is 2.78. The number of rotatable bonds is 6. The summed E-state index contributed by atoms with van der Waals surface area (Å²) in [4.78, 5) is 17.0. The topological polar surface area (TPSA) is 42.4 Å². The highest BCUT2D eigenvalue weighted by molar-refractivity contribution is 7.13. The Morgan fingerprint density at radius 1 is 1.37 bits per heavy atom. The Morgan fingerprint density at radius 3 is 2.68 bits per heavy atom. The van der Waals surface area contributed by atoms with Crippen LogP contribution in [0.2, 0.25) is 0 Å². The van der Waals surface area contributed by atoms with E-state index in [1.165, 1.54) is 0 Å². The number of aldehydes is 1. The second-order valence-corrected chi connectivity index (χ2v) is 5.06. The molecule has 0 unspecified atom stereocenters. The maximum Gasteiger partial charge on any atom is 0.185 e. The molecule has 0 aliphatic heterocycles. The lowest BCUT2D eigenvalue weighted by molar-refractivity contribution is 0.112. The number of ether oxygens (including phenoxy) is 1. The maximum atomic E-state index is 10.5. The normalized spacial score (nSPS) is 10.2. The third-order valence-electron chi connectivity index (χ3n) is 2.65. The lowest BCUT2D eigenvalue weighted by atomic mass is 10.2. The molecule has 0 spiro atoms. The first kappa shape index (κ1) is 13.5. The summed E-state index contributed by atoms with van der Waals surface area (Å²) >= 11 is 1.63. The highest BCUT2D eigenvalue weighted by Gasteiger charge is 2.05. The number of thiazole rings is 1. The third kappa shape index (κ3) is 3.79. The molecule has 1 aromatic heterocycles. The summed E-state index contributed by atoms with van der Waals surface area (Å²) in [5.41, 5.74) is 1.69. The van der Waals surface area contributed by atoms with Gasteiger partial charge in [0.1, 0.15) is 18.6 Å². The van der Waals surface area contributed by atoms with Gasteiger partial charge in [-0.2, -0.15) is 0 Å². The van der Waals surface area contributed by atoms with Gasteiger partial charge in [0.05, 0.1) is 12.2 Å². The van der Waals surface area contributed by atoms with Crippen LogP contribution in [0.3, 0.4) is 0 Å². The van der Waals surface area contributed by atoms with Gasteiger partial charge in [0.15, 0.2) is 5.13 Å². The van der Waals surface area contributed by atoms with E-state index in [-0.39, 0.29) is 0 Å². The van der Waals surface area contributed by atoms with Gasteiger partial charge in [0.25, 0.3) is 0 Å². The van der Waals surface area contributed by atoms with E-state index in [1.807, 2.05) is 19.4 Å². The first-order valence-corrected chi connectivity index (χ1v) is 6.88. The van der Waals surface area contributed by atoms with Gasteiger partial charge in [-0.3, -0.25) is 4.79 Å². The Hall–Kier alpha value is -1.88. The van der Waals surface area contributed by atoms with Crippen molar-refractivity contribution in [1.82, 2.24) is 4.98 Å². The zero-order valence-electron chi connectivity index (χ0n) is 11.0. The summed E-state index contributed by atoms with van der Waals surface area (Å²) in [6, 6.07) is 7.10. The van der Waals surface area contributed by atoms with E-state index < -0.39 is 0 Å². The quantitative estimate of drug-likeness (QED) is 0.761. The zero-order valence-corrected chi connectivity index (χ0v) is 11.8. The number of nitrogens with zero attached hydrogens (tertiary/aromatic N) is 2. The van der Waals surface area contributed by atoms with Crippen molar-refractivity contribution in [3.05, 3.63) is 40.9 Å². The number of hydrogen-bond donors (Lipinski definition) is 0. The van der Waals surface area contributed by atoms with Gasteiger partial charge in [-0.05, 0) is 31.2 Å². The molecular formula is C14H16N2O2S. The monoisotopic (exact) mass is 276 g/mol. The highest BCUT2D eigenvalue weighted by Crippen LogP contribution is 2.18. The van der Waals surface area contributed by atoms with Crippen molar-refractivity contribution >= 4 is 22.8 Å². The molecule has 0 atom stereocenters. The number of hydrogen-bond acceptors (Lipinski definition) is 5. The van der Waals surface area contributed by atoms with E-state index in [0.717, 1.165) is 29.4 Å².